The number of rotatable bonds is 5. The Kier molecular flexibility index (Phi) is 7.84. The van der Waals surface area contributed by atoms with Gasteiger partial charge in [-0.25, -0.2) is 9.59 Å². The molecule has 1 aliphatic rings. The summed E-state index contributed by atoms with van der Waals surface area (Å²) in [5.74, 6) is 1.03. The highest BCUT2D eigenvalue weighted by atomic mass is 16.6. The molecule has 0 bridgehead atoms. The normalized spacial score (nSPS) is 16.2. The predicted octanol–water partition coefficient (Wildman–Crippen LogP) is 3.32. The van der Waals surface area contributed by atoms with Crippen molar-refractivity contribution in [1.82, 2.24) is 15.1 Å². The lowest BCUT2D eigenvalue weighted by Crippen LogP contribution is -2.45. The van der Waals surface area contributed by atoms with Crippen LogP contribution in [0.3, 0.4) is 0 Å². The summed E-state index contributed by atoms with van der Waals surface area (Å²) in [5, 5.41) is 2.96. The lowest BCUT2D eigenvalue weighted by atomic mass is 9.96. The number of nitrogens with zero attached hydrogens (tertiary/aromatic N) is 2. The molecule has 1 N–H and O–H groups in total. The molecule has 0 aromatic carbocycles. The molecule has 0 aromatic rings. The summed E-state index contributed by atoms with van der Waals surface area (Å²) in [4.78, 5) is 27.6. The molecule has 3 amide bonds. The lowest BCUT2D eigenvalue weighted by Gasteiger charge is -2.34. The van der Waals surface area contributed by atoms with Crippen molar-refractivity contribution in [1.29, 1.82) is 0 Å². The Morgan fingerprint density at radius 1 is 1.25 bits per heavy atom. The zero-order valence-electron chi connectivity index (χ0n) is 16.2. The second-order valence-corrected chi connectivity index (χ2v) is 8.21. The minimum Gasteiger partial charge on any atom is -0.444 e. The molecule has 1 saturated heterocycles. The van der Waals surface area contributed by atoms with E-state index < -0.39 is 5.60 Å². The summed E-state index contributed by atoms with van der Waals surface area (Å²) in [6.45, 7) is 12.8. The Hall–Kier alpha value is -1.46. The van der Waals surface area contributed by atoms with Crippen molar-refractivity contribution in [3.63, 3.8) is 0 Å². The first-order valence-electron chi connectivity index (χ1n) is 9.05. The van der Waals surface area contributed by atoms with Crippen LogP contribution in [0.1, 0.15) is 53.9 Å². The van der Waals surface area contributed by atoms with Gasteiger partial charge < -0.3 is 19.9 Å². The first kappa shape index (κ1) is 20.6. The lowest BCUT2D eigenvalue weighted by molar-refractivity contribution is 0.0176. The highest BCUT2D eigenvalue weighted by Gasteiger charge is 2.27. The van der Waals surface area contributed by atoms with Crippen LogP contribution in [0.15, 0.2) is 0 Å². The van der Waals surface area contributed by atoms with Crippen LogP contribution in [-0.2, 0) is 4.74 Å². The van der Waals surface area contributed by atoms with E-state index in [0.29, 0.717) is 24.9 Å². The minimum absolute atomic E-state index is 0.00905. The maximum Gasteiger partial charge on any atom is 0.410 e. The van der Waals surface area contributed by atoms with Gasteiger partial charge in [0.05, 0.1) is 0 Å². The van der Waals surface area contributed by atoms with Crippen molar-refractivity contribution in [2.24, 2.45) is 11.8 Å². The summed E-state index contributed by atoms with van der Waals surface area (Å²) in [6.07, 6.45) is 2.57. The van der Waals surface area contributed by atoms with Crippen LogP contribution in [0.4, 0.5) is 9.59 Å². The van der Waals surface area contributed by atoms with Gasteiger partial charge in [0, 0.05) is 33.2 Å². The van der Waals surface area contributed by atoms with Crippen LogP contribution < -0.4 is 5.32 Å². The molecule has 0 atom stereocenters. The van der Waals surface area contributed by atoms with E-state index in [2.05, 4.69) is 19.2 Å². The molecule has 0 aromatic heterocycles. The molecule has 0 spiro atoms. The van der Waals surface area contributed by atoms with Crippen molar-refractivity contribution in [3.8, 4) is 0 Å². The molecule has 140 valence electrons. The molecular weight excluding hydrogens is 306 g/mol. The van der Waals surface area contributed by atoms with Gasteiger partial charge in [0.15, 0.2) is 0 Å². The van der Waals surface area contributed by atoms with Crippen LogP contribution in [-0.4, -0.2) is 60.8 Å². The molecule has 6 heteroatoms. The van der Waals surface area contributed by atoms with Gasteiger partial charge >= 0.3 is 12.1 Å². The third-order valence-electron chi connectivity index (χ3n) is 4.14. The molecule has 24 heavy (non-hydrogen) atoms. The highest BCUT2D eigenvalue weighted by molar-refractivity contribution is 5.73. The molecule has 1 heterocycles. The molecule has 0 unspecified atom stereocenters. The number of likely N-dealkylation sites (tertiary alicyclic amines) is 1. The van der Waals surface area contributed by atoms with Gasteiger partial charge in [-0.05, 0) is 51.9 Å². The number of piperidine rings is 1. The van der Waals surface area contributed by atoms with Gasteiger partial charge in [-0.2, -0.15) is 0 Å². The topological polar surface area (TPSA) is 61.9 Å². The zero-order valence-corrected chi connectivity index (χ0v) is 16.2. The van der Waals surface area contributed by atoms with E-state index in [0.717, 1.165) is 32.4 Å². The number of amides is 3. The first-order valence-corrected chi connectivity index (χ1v) is 9.05. The number of hydrogen-bond donors (Lipinski definition) is 1. The maximum atomic E-state index is 12.1. The fourth-order valence-electron chi connectivity index (χ4n) is 2.70. The number of ether oxygens (including phenoxy) is 1. The molecule has 0 radical (unpaired) electrons. The third kappa shape index (κ3) is 7.88. The van der Waals surface area contributed by atoms with E-state index in [1.165, 1.54) is 0 Å². The van der Waals surface area contributed by atoms with Gasteiger partial charge in [0.2, 0.25) is 0 Å². The van der Waals surface area contributed by atoms with Crippen LogP contribution in [0.5, 0.6) is 0 Å². The molecular formula is C18H35N3O3. The van der Waals surface area contributed by atoms with Crippen molar-refractivity contribution >= 4 is 12.1 Å². The number of nitrogens with one attached hydrogen (secondary N) is 1. The quantitative estimate of drug-likeness (QED) is 0.834. The van der Waals surface area contributed by atoms with Gasteiger partial charge in [-0.1, -0.05) is 13.8 Å². The standard InChI is InChI=1S/C18H35N3O3/c1-14(2)7-10-19-16(22)20(6)13-15-8-11-21(12-9-15)17(23)24-18(3,4)5/h14-15H,7-13H2,1-6H3,(H,19,22). The van der Waals surface area contributed by atoms with E-state index in [9.17, 15) is 9.59 Å². The zero-order chi connectivity index (χ0) is 18.3. The maximum absolute atomic E-state index is 12.1. The summed E-state index contributed by atoms with van der Waals surface area (Å²) < 4.78 is 5.41. The number of urea groups is 1. The fraction of sp³-hybridized carbons (Fsp3) is 0.889. The molecule has 1 fully saturated rings. The summed E-state index contributed by atoms with van der Waals surface area (Å²) in [5.41, 5.74) is -0.456. The van der Waals surface area contributed by atoms with Gasteiger partial charge in [-0.15, -0.1) is 0 Å². The Morgan fingerprint density at radius 2 is 1.83 bits per heavy atom. The van der Waals surface area contributed by atoms with Crippen LogP contribution in [0.2, 0.25) is 0 Å². The van der Waals surface area contributed by atoms with Gasteiger partial charge in [-0.3, -0.25) is 0 Å². The third-order valence-corrected chi connectivity index (χ3v) is 4.14. The molecule has 0 aliphatic carbocycles. The smallest absolute Gasteiger partial charge is 0.410 e. The largest absolute Gasteiger partial charge is 0.444 e. The first-order chi connectivity index (χ1) is 11.1. The fourth-order valence-corrected chi connectivity index (χ4v) is 2.70. The van der Waals surface area contributed by atoms with Crippen LogP contribution in [0, 0.1) is 11.8 Å². The van der Waals surface area contributed by atoms with Gasteiger partial charge in [0.1, 0.15) is 5.60 Å². The molecule has 1 aliphatic heterocycles. The van der Waals surface area contributed by atoms with E-state index in [1.54, 1.807) is 9.80 Å². The second kappa shape index (κ2) is 9.14. The van der Waals surface area contributed by atoms with E-state index in [-0.39, 0.29) is 12.1 Å². The Labute approximate surface area is 146 Å². The SMILES string of the molecule is CC(C)CCNC(=O)N(C)CC1CCN(C(=O)OC(C)(C)C)CC1. The van der Waals surface area contributed by atoms with Crippen molar-refractivity contribution in [2.45, 2.75) is 59.5 Å². The van der Waals surface area contributed by atoms with Crippen LogP contribution in [0.25, 0.3) is 0 Å². The Balaban J connectivity index is 2.30. The average Bonchev–Trinajstić information content (AvgIpc) is 2.45. The van der Waals surface area contributed by atoms with E-state index >= 15 is 0 Å². The second-order valence-electron chi connectivity index (χ2n) is 8.21. The molecule has 0 saturated carbocycles. The minimum atomic E-state index is -0.456. The predicted molar refractivity (Wildman–Crippen MR) is 96.0 cm³/mol. The summed E-state index contributed by atoms with van der Waals surface area (Å²) in [7, 11) is 1.84. The van der Waals surface area contributed by atoms with Crippen molar-refractivity contribution in [3.05, 3.63) is 0 Å². The Bertz CT molecular complexity index is 410. The highest BCUT2D eigenvalue weighted by Crippen LogP contribution is 2.20. The number of carbonyl (C=O) groups is 2. The number of carbonyl (C=O) groups excluding carboxylic acids is 2. The van der Waals surface area contributed by atoms with Crippen LogP contribution >= 0.6 is 0 Å². The number of hydrogen-bond acceptors (Lipinski definition) is 3. The molecule has 6 nitrogen and oxygen atoms in total. The van der Waals surface area contributed by atoms with Gasteiger partial charge in [0.25, 0.3) is 0 Å². The van der Waals surface area contributed by atoms with E-state index in [4.69, 9.17) is 4.74 Å². The Morgan fingerprint density at radius 3 is 2.33 bits per heavy atom. The van der Waals surface area contributed by atoms with Crippen molar-refractivity contribution in [2.75, 3.05) is 33.2 Å². The average molecular weight is 341 g/mol. The summed E-state index contributed by atoms with van der Waals surface area (Å²) >= 11 is 0. The van der Waals surface area contributed by atoms with Crippen molar-refractivity contribution < 1.29 is 14.3 Å². The monoisotopic (exact) mass is 341 g/mol. The summed E-state index contributed by atoms with van der Waals surface area (Å²) in [6, 6.07) is -0.00905. The molecule has 1 rings (SSSR count). The van der Waals surface area contributed by atoms with E-state index in [1.807, 2.05) is 27.8 Å².